The first-order valence-corrected chi connectivity index (χ1v) is 8.66. The molecule has 1 aliphatic rings. The third-order valence-corrected chi connectivity index (χ3v) is 5.07. The van der Waals surface area contributed by atoms with Crippen LogP contribution in [0.4, 0.5) is 0 Å². The van der Waals surface area contributed by atoms with Crippen LogP contribution in [-0.4, -0.2) is 16.7 Å². The average molecular weight is 342 g/mol. The first-order valence-electron chi connectivity index (χ1n) is 8.66. The van der Waals surface area contributed by atoms with E-state index in [0.717, 1.165) is 11.1 Å². The van der Waals surface area contributed by atoms with Crippen LogP contribution in [0.1, 0.15) is 37.8 Å². The summed E-state index contributed by atoms with van der Waals surface area (Å²) in [6.07, 6.45) is 0.481. The highest BCUT2D eigenvalue weighted by Gasteiger charge is 2.40. The number of phenols is 1. The van der Waals surface area contributed by atoms with Crippen LogP contribution in [0.3, 0.4) is 0 Å². The molecule has 1 aliphatic carbocycles. The zero-order valence-electron chi connectivity index (χ0n) is 14.1. The molecule has 0 aromatic heterocycles. The van der Waals surface area contributed by atoms with Gasteiger partial charge in [-0.1, -0.05) is 66.7 Å². The normalized spacial score (nSPS) is 19.0. The lowest BCUT2D eigenvalue weighted by Gasteiger charge is -2.31. The Morgan fingerprint density at radius 3 is 2.27 bits per heavy atom. The van der Waals surface area contributed by atoms with Crippen LogP contribution in [0.25, 0.3) is 0 Å². The van der Waals surface area contributed by atoms with Gasteiger partial charge < -0.3 is 5.11 Å². The molecule has 0 amide bonds. The van der Waals surface area contributed by atoms with Crippen LogP contribution >= 0.6 is 0 Å². The predicted octanol–water partition coefficient (Wildman–Crippen LogP) is 4.41. The van der Waals surface area contributed by atoms with Crippen molar-refractivity contribution in [3.05, 3.63) is 101 Å². The molecule has 0 spiro atoms. The van der Waals surface area contributed by atoms with Crippen molar-refractivity contribution in [3.63, 3.8) is 0 Å². The minimum absolute atomic E-state index is 0.0354. The van der Waals surface area contributed by atoms with Gasteiger partial charge in [-0.3, -0.25) is 9.59 Å². The van der Waals surface area contributed by atoms with Crippen molar-refractivity contribution in [2.75, 3.05) is 0 Å². The van der Waals surface area contributed by atoms with Gasteiger partial charge >= 0.3 is 0 Å². The van der Waals surface area contributed by atoms with Gasteiger partial charge in [-0.15, -0.1) is 0 Å². The maximum Gasteiger partial charge on any atom is 0.171 e. The molecular formula is C23H18O3. The molecule has 0 bridgehead atoms. The van der Waals surface area contributed by atoms with Gasteiger partial charge in [0.25, 0.3) is 0 Å². The summed E-state index contributed by atoms with van der Waals surface area (Å²) in [4.78, 5) is 26.5. The number of ketones is 2. The Morgan fingerprint density at radius 1 is 0.846 bits per heavy atom. The second kappa shape index (κ2) is 6.60. The van der Waals surface area contributed by atoms with E-state index < -0.39 is 11.8 Å². The van der Waals surface area contributed by atoms with Crippen molar-refractivity contribution in [3.8, 4) is 5.75 Å². The molecule has 0 heterocycles. The van der Waals surface area contributed by atoms with Crippen molar-refractivity contribution in [1.29, 1.82) is 0 Å². The van der Waals surface area contributed by atoms with Crippen LogP contribution in [0.15, 0.2) is 78.9 Å². The molecule has 4 rings (SSSR count). The average Bonchev–Trinajstić information content (AvgIpc) is 2.68. The van der Waals surface area contributed by atoms with Crippen LogP contribution in [0, 0.1) is 5.92 Å². The van der Waals surface area contributed by atoms with E-state index in [0.29, 0.717) is 12.0 Å². The summed E-state index contributed by atoms with van der Waals surface area (Å²) in [5.74, 6) is -1.35. The second-order valence-electron chi connectivity index (χ2n) is 6.60. The van der Waals surface area contributed by atoms with Gasteiger partial charge in [-0.25, -0.2) is 0 Å². The summed E-state index contributed by atoms with van der Waals surface area (Å²) in [6.45, 7) is 0. The highest BCUT2D eigenvalue weighted by Crippen LogP contribution is 2.39. The SMILES string of the molecule is O=C(c1ccccc1O)C1Cc2ccccc2C(=O)C1c1ccccc1. The summed E-state index contributed by atoms with van der Waals surface area (Å²) >= 11 is 0. The lowest BCUT2D eigenvalue weighted by molar-refractivity contribution is 0.0803. The monoisotopic (exact) mass is 342 g/mol. The topological polar surface area (TPSA) is 54.4 Å². The maximum atomic E-state index is 13.2. The largest absolute Gasteiger partial charge is 0.507 e. The van der Waals surface area contributed by atoms with Gasteiger partial charge in [0.15, 0.2) is 11.6 Å². The Hall–Kier alpha value is -3.20. The Bertz CT molecular complexity index is 976. The summed E-state index contributed by atoms with van der Waals surface area (Å²) in [6, 6.07) is 23.4. The Balaban J connectivity index is 1.84. The molecule has 3 nitrogen and oxygen atoms in total. The summed E-state index contributed by atoms with van der Waals surface area (Å²) in [7, 11) is 0. The molecule has 128 valence electrons. The Kier molecular flexibility index (Phi) is 4.13. The number of fused-ring (bicyclic) bond motifs is 1. The van der Waals surface area contributed by atoms with E-state index in [2.05, 4.69) is 0 Å². The number of hydrogen-bond acceptors (Lipinski definition) is 3. The van der Waals surface area contributed by atoms with Gasteiger partial charge in [-0.05, 0) is 29.7 Å². The predicted molar refractivity (Wildman–Crippen MR) is 99.6 cm³/mol. The summed E-state index contributed by atoms with van der Waals surface area (Å²) < 4.78 is 0. The number of hydrogen-bond donors (Lipinski definition) is 1. The molecule has 3 aromatic rings. The van der Waals surface area contributed by atoms with Crippen molar-refractivity contribution < 1.29 is 14.7 Å². The fourth-order valence-corrected chi connectivity index (χ4v) is 3.81. The number of Topliss-reactive ketones (excluding diaryl/α,β-unsaturated/α-hetero) is 2. The highest BCUT2D eigenvalue weighted by atomic mass is 16.3. The number of benzene rings is 3. The number of carbonyl (C=O) groups is 2. The molecule has 3 aromatic carbocycles. The lowest BCUT2D eigenvalue weighted by Crippen LogP contribution is -2.35. The molecule has 0 saturated carbocycles. The number of aromatic hydroxyl groups is 1. The molecule has 0 aliphatic heterocycles. The smallest absolute Gasteiger partial charge is 0.171 e. The molecule has 2 unspecified atom stereocenters. The van der Waals surface area contributed by atoms with Gasteiger partial charge in [-0.2, -0.15) is 0 Å². The molecular weight excluding hydrogens is 324 g/mol. The van der Waals surface area contributed by atoms with Gasteiger partial charge in [0, 0.05) is 11.5 Å². The molecule has 2 atom stereocenters. The fraction of sp³-hybridized carbons (Fsp3) is 0.130. The van der Waals surface area contributed by atoms with Crippen LogP contribution in [-0.2, 0) is 6.42 Å². The maximum absolute atomic E-state index is 13.2. The zero-order chi connectivity index (χ0) is 18.1. The summed E-state index contributed by atoms with van der Waals surface area (Å²) in [5.41, 5.74) is 2.67. The molecule has 0 saturated heterocycles. The van der Waals surface area contributed by atoms with Gasteiger partial charge in [0.05, 0.1) is 11.5 Å². The van der Waals surface area contributed by atoms with E-state index in [4.69, 9.17) is 0 Å². The standard InChI is InChI=1S/C23H18O3/c24-20-13-7-6-12-18(20)22(25)19-14-16-10-4-5-11-17(16)23(26)21(19)15-8-2-1-3-9-15/h1-13,19,21,24H,14H2. The third-order valence-electron chi connectivity index (χ3n) is 5.07. The second-order valence-corrected chi connectivity index (χ2v) is 6.60. The van der Waals surface area contributed by atoms with Crippen molar-refractivity contribution in [1.82, 2.24) is 0 Å². The Morgan fingerprint density at radius 2 is 1.50 bits per heavy atom. The van der Waals surface area contributed by atoms with E-state index in [1.165, 1.54) is 6.07 Å². The summed E-state index contributed by atoms with van der Waals surface area (Å²) in [5, 5.41) is 10.1. The van der Waals surface area contributed by atoms with Crippen LogP contribution < -0.4 is 0 Å². The van der Waals surface area contributed by atoms with E-state index >= 15 is 0 Å². The fourth-order valence-electron chi connectivity index (χ4n) is 3.81. The van der Waals surface area contributed by atoms with Crippen molar-refractivity contribution in [2.24, 2.45) is 5.92 Å². The lowest BCUT2D eigenvalue weighted by atomic mass is 9.69. The molecule has 26 heavy (non-hydrogen) atoms. The minimum Gasteiger partial charge on any atom is -0.507 e. The van der Waals surface area contributed by atoms with E-state index in [1.54, 1.807) is 18.2 Å². The highest BCUT2D eigenvalue weighted by molar-refractivity contribution is 6.10. The quantitative estimate of drug-likeness (QED) is 0.717. The molecule has 1 N–H and O–H groups in total. The minimum atomic E-state index is -0.543. The van der Waals surface area contributed by atoms with Crippen molar-refractivity contribution in [2.45, 2.75) is 12.3 Å². The number of phenolic OH excluding ortho intramolecular Hbond substituents is 1. The van der Waals surface area contributed by atoms with Crippen LogP contribution in [0.5, 0.6) is 5.75 Å². The number of para-hydroxylation sites is 1. The third kappa shape index (κ3) is 2.72. The number of carbonyl (C=O) groups excluding carboxylic acids is 2. The first-order chi connectivity index (χ1) is 12.7. The Labute approximate surface area is 151 Å². The first kappa shape index (κ1) is 16.3. The zero-order valence-corrected chi connectivity index (χ0v) is 14.1. The van der Waals surface area contributed by atoms with E-state index in [9.17, 15) is 14.7 Å². The van der Waals surface area contributed by atoms with E-state index in [-0.39, 0.29) is 22.9 Å². The van der Waals surface area contributed by atoms with Gasteiger partial charge in [0.1, 0.15) is 5.75 Å². The van der Waals surface area contributed by atoms with Crippen LogP contribution in [0.2, 0.25) is 0 Å². The van der Waals surface area contributed by atoms with E-state index in [1.807, 2.05) is 54.6 Å². The molecule has 3 heteroatoms. The molecule has 0 radical (unpaired) electrons. The van der Waals surface area contributed by atoms with Gasteiger partial charge in [0.2, 0.25) is 0 Å². The van der Waals surface area contributed by atoms with Crippen molar-refractivity contribution >= 4 is 11.6 Å². The number of rotatable bonds is 3. The molecule has 0 fully saturated rings.